The van der Waals surface area contributed by atoms with Gasteiger partial charge >= 0.3 is 6.18 Å². The monoisotopic (exact) mass is 535 g/mol. The highest BCUT2D eigenvalue weighted by molar-refractivity contribution is 6.34. The molecule has 13 heteroatoms. The van der Waals surface area contributed by atoms with Gasteiger partial charge in [-0.3, -0.25) is 14.3 Å². The molecular weight excluding hydrogens is 511 g/mol. The number of nitrogens with one attached hydrogen (secondary N) is 2. The fourth-order valence-electron chi connectivity index (χ4n) is 4.50. The number of nitrogens with zero attached hydrogens (tertiary/aromatic N) is 4. The summed E-state index contributed by atoms with van der Waals surface area (Å²) in [5.74, 6) is -1.08. The molecule has 3 aromatic rings. The molecule has 37 heavy (non-hydrogen) atoms. The van der Waals surface area contributed by atoms with Gasteiger partial charge in [-0.2, -0.15) is 18.3 Å². The molecule has 2 fully saturated rings. The maximum Gasteiger partial charge on any atom is 0.435 e. The van der Waals surface area contributed by atoms with Crippen molar-refractivity contribution in [2.24, 2.45) is 12.8 Å². The fraction of sp³-hybridized carbons (Fsp3) is 0.417. The normalized spacial score (nSPS) is 19.7. The molecule has 0 bridgehead atoms. The quantitative estimate of drug-likeness (QED) is 0.438. The average molecular weight is 536 g/mol. The van der Waals surface area contributed by atoms with Crippen molar-refractivity contribution in [3.8, 4) is 11.3 Å². The second-order valence-electron chi connectivity index (χ2n) is 9.53. The lowest BCUT2D eigenvalue weighted by Gasteiger charge is -2.33. The molecule has 0 radical (unpaired) electrons. The Morgan fingerprint density at radius 1 is 1.19 bits per heavy atom. The fourth-order valence-corrected chi connectivity index (χ4v) is 4.77. The average Bonchev–Trinajstić information content (AvgIpc) is 3.35. The number of rotatable bonds is 6. The number of alkyl halides is 3. The molecule has 2 saturated carbocycles. The highest BCUT2D eigenvalue weighted by atomic mass is 35.5. The van der Waals surface area contributed by atoms with E-state index in [1.165, 1.54) is 46.9 Å². The van der Waals surface area contributed by atoms with Crippen LogP contribution in [0.3, 0.4) is 0 Å². The Labute approximate surface area is 215 Å². The van der Waals surface area contributed by atoms with Crippen molar-refractivity contribution in [2.45, 2.75) is 56.4 Å². The first-order chi connectivity index (χ1) is 17.5. The lowest BCUT2D eigenvalue weighted by atomic mass is 9.87. The van der Waals surface area contributed by atoms with Gasteiger partial charge in [-0.05, 0) is 50.3 Å². The van der Waals surface area contributed by atoms with Crippen molar-refractivity contribution in [1.29, 1.82) is 0 Å². The van der Waals surface area contributed by atoms with E-state index in [0.29, 0.717) is 18.5 Å². The number of carbonyl (C=O) groups is 2. The third-order valence-electron chi connectivity index (χ3n) is 6.90. The second-order valence-corrected chi connectivity index (χ2v) is 9.94. The van der Waals surface area contributed by atoms with Gasteiger partial charge in [0.2, 0.25) is 0 Å². The zero-order valence-electron chi connectivity index (χ0n) is 19.8. The largest absolute Gasteiger partial charge is 0.435 e. The van der Waals surface area contributed by atoms with Crippen molar-refractivity contribution in [2.75, 3.05) is 5.32 Å². The number of imidazole rings is 1. The standard InChI is InChI=1S/C24H25ClF3N7O2/c1-34-19(17-11-35(15-3-2-4-15)33-20(17)24(26,27)28)10-30-21(34)23(37)31-13-5-6-16(18(25)9-13)22(36)32-14-7-12(29)8-14/h5-6,9-12,14-15H,2-4,7-8,29H2,1H3,(H,31,37)(H,32,36). The summed E-state index contributed by atoms with van der Waals surface area (Å²) in [7, 11) is 1.46. The number of amides is 2. The predicted molar refractivity (Wildman–Crippen MR) is 130 cm³/mol. The molecule has 1 aromatic carbocycles. The van der Waals surface area contributed by atoms with E-state index in [1.807, 2.05) is 0 Å². The summed E-state index contributed by atoms with van der Waals surface area (Å²) in [5.41, 5.74) is 5.26. The molecule has 0 atom stereocenters. The molecule has 0 aliphatic heterocycles. The van der Waals surface area contributed by atoms with Gasteiger partial charge in [0, 0.05) is 31.0 Å². The number of nitrogens with two attached hydrogens (primary N) is 1. The van der Waals surface area contributed by atoms with E-state index in [4.69, 9.17) is 17.3 Å². The molecule has 196 valence electrons. The van der Waals surface area contributed by atoms with Crippen LogP contribution >= 0.6 is 11.6 Å². The van der Waals surface area contributed by atoms with E-state index in [0.717, 1.165) is 19.3 Å². The predicted octanol–water partition coefficient (Wildman–Crippen LogP) is 4.15. The molecule has 2 amide bonds. The van der Waals surface area contributed by atoms with E-state index >= 15 is 0 Å². The summed E-state index contributed by atoms with van der Waals surface area (Å²) < 4.78 is 43.8. The first-order valence-electron chi connectivity index (χ1n) is 11.9. The summed E-state index contributed by atoms with van der Waals surface area (Å²) >= 11 is 6.27. The summed E-state index contributed by atoms with van der Waals surface area (Å²) in [6, 6.07) is 4.46. The number of carbonyl (C=O) groups excluding carboxylic acids is 2. The molecule has 2 aromatic heterocycles. The third-order valence-corrected chi connectivity index (χ3v) is 7.21. The number of hydrogen-bond acceptors (Lipinski definition) is 5. The maximum atomic E-state index is 13.7. The minimum atomic E-state index is -4.66. The van der Waals surface area contributed by atoms with E-state index in [-0.39, 0.29) is 51.7 Å². The van der Waals surface area contributed by atoms with Gasteiger partial charge in [-0.1, -0.05) is 11.6 Å². The van der Waals surface area contributed by atoms with Crippen LogP contribution in [0.15, 0.2) is 30.6 Å². The van der Waals surface area contributed by atoms with Crippen LogP contribution in [0.1, 0.15) is 64.8 Å². The van der Waals surface area contributed by atoms with Gasteiger partial charge in [0.25, 0.3) is 11.8 Å². The van der Waals surface area contributed by atoms with Gasteiger partial charge in [0.15, 0.2) is 11.5 Å². The third kappa shape index (κ3) is 4.95. The van der Waals surface area contributed by atoms with Crippen LogP contribution in [0.25, 0.3) is 11.3 Å². The van der Waals surface area contributed by atoms with E-state index < -0.39 is 17.8 Å². The van der Waals surface area contributed by atoms with E-state index in [9.17, 15) is 22.8 Å². The maximum absolute atomic E-state index is 13.7. The highest BCUT2D eigenvalue weighted by Crippen LogP contribution is 2.39. The van der Waals surface area contributed by atoms with Crippen LogP contribution in [0.5, 0.6) is 0 Å². The van der Waals surface area contributed by atoms with E-state index in [2.05, 4.69) is 20.7 Å². The first kappa shape index (κ1) is 25.3. The first-order valence-corrected chi connectivity index (χ1v) is 12.2. The van der Waals surface area contributed by atoms with Crippen molar-refractivity contribution in [3.63, 3.8) is 0 Å². The minimum Gasteiger partial charge on any atom is -0.349 e. The Balaban J connectivity index is 1.33. The molecule has 4 N–H and O–H groups in total. The lowest BCUT2D eigenvalue weighted by Crippen LogP contribution is -2.50. The van der Waals surface area contributed by atoms with Crippen LogP contribution < -0.4 is 16.4 Å². The van der Waals surface area contributed by atoms with Crippen molar-refractivity contribution in [3.05, 3.63) is 52.7 Å². The lowest BCUT2D eigenvalue weighted by molar-refractivity contribution is -0.141. The van der Waals surface area contributed by atoms with Crippen LogP contribution in [0.2, 0.25) is 5.02 Å². The SMILES string of the molecule is Cn1c(-c2cn(C3CCC3)nc2C(F)(F)F)cnc1C(=O)Nc1ccc(C(=O)NC2CC(N)C2)c(Cl)c1. The Bertz CT molecular complexity index is 1360. The van der Waals surface area contributed by atoms with Gasteiger partial charge in [0.05, 0.1) is 34.1 Å². The van der Waals surface area contributed by atoms with Crippen molar-refractivity contribution < 1.29 is 22.8 Å². The van der Waals surface area contributed by atoms with Crippen LogP contribution in [-0.2, 0) is 13.2 Å². The topological polar surface area (TPSA) is 120 Å². The number of halogens is 4. The molecular formula is C24H25ClF3N7O2. The highest BCUT2D eigenvalue weighted by Gasteiger charge is 2.39. The van der Waals surface area contributed by atoms with Crippen LogP contribution in [0.4, 0.5) is 18.9 Å². The Kier molecular flexibility index (Phi) is 6.48. The summed E-state index contributed by atoms with van der Waals surface area (Å²) in [5, 5.41) is 9.42. The van der Waals surface area contributed by atoms with Gasteiger partial charge < -0.3 is 20.9 Å². The van der Waals surface area contributed by atoms with Crippen molar-refractivity contribution >= 4 is 29.1 Å². The minimum absolute atomic E-state index is 0.00856. The Morgan fingerprint density at radius 2 is 1.92 bits per heavy atom. The van der Waals surface area contributed by atoms with E-state index in [1.54, 1.807) is 0 Å². The molecule has 5 rings (SSSR count). The van der Waals surface area contributed by atoms with Gasteiger partial charge in [0.1, 0.15) is 0 Å². The van der Waals surface area contributed by atoms with Crippen LogP contribution in [0, 0.1) is 0 Å². The Hall–Kier alpha value is -3.38. The zero-order chi connectivity index (χ0) is 26.5. The van der Waals surface area contributed by atoms with Gasteiger partial charge in [-0.15, -0.1) is 0 Å². The number of benzene rings is 1. The molecule has 2 aliphatic rings. The zero-order valence-corrected chi connectivity index (χ0v) is 20.6. The number of hydrogen-bond donors (Lipinski definition) is 3. The smallest absolute Gasteiger partial charge is 0.349 e. The molecule has 2 aliphatic carbocycles. The Morgan fingerprint density at radius 3 is 2.51 bits per heavy atom. The molecule has 9 nitrogen and oxygen atoms in total. The summed E-state index contributed by atoms with van der Waals surface area (Å²) in [4.78, 5) is 29.4. The van der Waals surface area contributed by atoms with Crippen LogP contribution in [-0.4, -0.2) is 43.2 Å². The second kappa shape index (κ2) is 9.49. The molecule has 2 heterocycles. The number of anilines is 1. The van der Waals surface area contributed by atoms with Crippen molar-refractivity contribution in [1.82, 2.24) is 24.6 Å². The summed E-state index contributed by atoms with van der Waals surface area (Å²) in [6.07, 6.45) is 1.83. The molecule has 0 unspecified atom stereocenters. The number of aromatic nitrogens is 4. The molecule has 0 spiro atoms. The molecule has 0 saturated heterocycles. The van der Waals surface area contributed by atoms with Gasteiger partial charge in [-0.25, -0.2) is 4.98 Å². The summed E-state index contributed by atoms with van der Waals surface area (Å²) in [6.45, 7) is 0.